The van der Waals surface area contributed by atoms with E-state index in [9.17, 15) is 4.79 Å². The van der Waals surface area contributed by atoms with Gasteiger partial charge in [-0.25, -0.2) is 0 Å². The van der Waals surface area contributed by atoms with E-state index in [1.54, 1.807) is 6.92 Å². The molecule has 0 N–H and O–H groups in total. The van der Waals surface area contributed by atoms with Crippen molar-refractivity contribution in [2.24, 2.45) is 5.92 Å². The van der Waals surface area contributed by atoms with Crippen LogP contribution in [0, 0.1) is 5.92 Å². The highest BCUT2D eigenvalue weighted by Crippen LogP contribution is 2.19. The zero-order chi connectivity index (χ0) is 8.10. The predicted molar refractivity (Wildman–Crippen MR) is 46.7 cm³/mol. The van der Waals surface area contributed by atoms with E-state index in [1.807, 2.05) is 0 Å². The Morgan fingerprint density at radius 1 is 1.55 bits per heavy atom. The van der Waals surface area contributed by atoms with Gasteiger partial charge in [-0.1, -0.05) is 11.8 Å². The molecule has 0 aliphatic carbocycles. The molecular weight excluding hydrogens is 160 g/mol. The highest BCUT2D eigenvalue weighted by atomic mass is 32.2. The van der Waals surface area contributed by atoms with Gasteiger partial charge in [0.1, 0.15) is 0 Å². The molecule has 3 heteroatoms. The number of ether oxygens (including phenoxy) is 1. The summed E-state index contributed by atoms with van der Waals surface area (Å²) in [6.07, 6.45) is 2.25. The molecule has 0 spiro atoms. The summed E-state index contributed by atoms with van der Waals surface area (Å²) < 4.78 is 5.21. The molecule has 0 radical (unpaired) electrons. The lowest BCUT2D eigenvalue weighted by atomic mass is 10.0. The van der Waals surface area contributed by atoms with Crippen molar-refractivity contribution in [3.05, 3.63) is 0 Å². The number of hydrogen-bond acceptors (Lipinski definition) is 3. The molecule has 1 rings (SSSR count). The molecule has 0 aromatic heterocycles. The Bertz CT molecular complexity index is 130. The monoisotopic (exact) mass is 174 g/mol. The lowest BCUT2D eigenvalue weighted by Gasteiger charge is -2.20. The summed E-state index contributed by atoms with van der Waals surface area (Å²) in [5.74, 6) is 1.69. The molecule has 0 aromatic rings. The molecule has 1 aliphatic rings. The van der Waals surface area contributed by atoms with Gasteiger partial charge >= 0.3 is 0 Å². The Labute approximate surface area is 71.7 Å². The number of thioether (sulfide) groups is 1. The molecular formula is C8H14O2S. The molecule has 1 aliphatic heterocycles. The molecule has 2 nitrogen and oxygen atoms in total. The Hall–Kier alpha value is -0.0200. The zero-order valence-corrected chi connectivity index (χ0v) is 7.65. The first-order valence-corrected chi connectivity index (χ1v) is 4.98. The first-order valence-electron chi connectivity index (χ1n) is 4.00. The van der Waals surface area contributed by atoms with E-state index in [4.69, 9.17) is 4.74 Å². The minimum Gasteiger partial charge on any atom is -0.381 e. The summed E-state index contributed by atoms with van der Waals surface area (Å²) in [6, 6.07) is 0. The molecule has 0 unspecified atom stereocenters. The summed E-state index contributed by atoms with van der Waals surface area (Å²) in [4.78, 5) is 10.6. The highest BCUT2D eigenvalue weighted by molar-refractivity contribution is 8.13. The fraction of sp³-hybridized carbons (Fsp3) is 0.875. The quantitative estimate of drug-likeness (QED) is 0.637. The molecule has 1 saturated heterocycles. The van der Waals surface area contributed by atoms with Gasteiger partial charge in [-0.3, -0.25) is 4.79 Å². The lowest BCUT2D eigenvalue weighted by Crippen LogP contribution is -2.17. The summed E-state index contributed by atoms with van der Waals surface area (Å²) in [7, 11) is 0. The van der Waals surface area contributed by atoms with Gasteiger partial charge in [0.05, 0.1) is 0 Å². The molecule has 0 bridgehead atoms. The Kier molecular flexibility index (Phi) is 3.94. The van der Waals surface area contributed by atoms with Crippen LogP contribution in [-0.2, 0) is 9.53 Å². The van der Waals surface area contributed by atoms with Crippen LogP contribution >= 0.6 is 11.8 Å². The van der Waals surface area contributed by atoms with E-state index >= 15 is 0 Å². The first-order chi connectivity index (χ1) is 5.29. The molecule has 0 saturated carbocycles. The van der Waals surface area contributed by atoms with Crippen molar-refractivity contribution in [1.82, 2.24) is 0 Å². The average molecular weight is 174 g/mol. The maximum atomic E-state index is 10.6. The summed E-state index contributed by atoms with van der Waals surface area (Å²) in [5, 5.41) is 0.233. The van der Waals surface area contributed by atoms with Crippen LogP contribution in [0.4, 0.5) is 0 Å². The third-order valence-corrected chi connectivity index (χ3v) is 2.91. The average Bonchev–Trinajstić information content (AvgIpc) is 2.03. The number of rotatable bonds is 2. The van der Waals surface area contributed by atoms with Crippen molar-refractivity contribution in [3.63, 3.8) is 0 Å². The van der Waals surface area contributed by atoms with Gasteiger partial charge in [0, 0.05) is 25.9 Å². The summed E-state index contributed by atoms with van der Waals surface area (Å²) >= 11 is 1.44. The standard InChI is InChI=1S/C8H14O2S/c1-7(9)11-6-8-2-4-10-5-3-8/h8H,2-6H2,1H3. The fourth-order valence-corrected chi connectivity index (χ4v) is 1.95. The predicted octanol–water partition coefficient (Wildman–Crippen LogP) is 1.69. The van der Waals surface area contributed by atoms with Gasteiger partial charge in [-0.05, 0) is 18.8 Å². The molecule has 11 heavy (non-hydrogen) atoms. The Morgan fingerprint density at radius 3 is 2.73 bits per heavy atom. The molecule has 1 heterocycles. The van der Waals surface area contributed by atoms with E-state index in [2.05, 4.69) is 0 Å². The van der Waals surface area contributed by atoms with Crippen LogP contribution < -0.4 is 0 Å². The van der Waals surface area contributed by atoms with Gasteiger partial charge in [0.25, 0.3) is 0 Å². The first kappa shape index (κ1) is 9.07. The van der Waals surface area contributed by atoms with Gasteiger partial charge < -0.3 is 4.74 Å². The van der Waals surface area contributed by atoms with Crippen molar-refractivity contribution in [2.45, 2.75) is 19.8 Å². The molecule has 1 fully saturated rings. The minimum atomic E-state index is 0.233. The second-order valence-electron chi connectivity index (χ2n) is 2.86. The molecule has 0 amide bonds. The van der Waals surface area contributed by atoms with Crippen molar-refractivity contribution >= 4 is 16.9 Å². The highest BCUT2D eigenvalue weighted by Gasteiger charge is 2.13. The summed E-state index contributed by atoms with van der Waals surface area (Å²) in [5.41, 5.74) is 0. The molecule has 64 valence electrons. The van der Waals surface area contributed by atoms with Crippen LogP contribution in [-0.4, -0.2) is 24.1 Å². The van der Waals surface area contributed by atoms with Crippen LogP contribution in [0.25, 0.3) is 0 Å². The smallest absolute Gasteiger partial charge is 0.185 e. The molecule has 0 atom stereocenters. The van der Waals surface area contributed by atoms with E-state index in [-0.39, 0.29) is 5.12 Å². The van der Waals surface area contributed by atoms with E-state index in [1.165, 1.54) is 11.8 Å². The van der Waals surface area contributed by atoms with Crippen molar-refractivity contribution < 1.29 is 9.53 Å². The second kappa shape index (κ2) is 4.78. The normalized spacial score (nSPS) is 20.1. The minimum absolute atomic E-state index is 0.233. The van der Waals surface area contributed by atoms with E-state index in [0.29, 0.717) is 5.92 Å². The van der Waals surface area contributed by atoms with Crippen molar-refractivity contribution in [2.75, 3.05) is 19.0 Å². The zero-order valence-electron chi connectivity index (χ0n) is 6.84. The van der Waals surface area contributed by atoms with Crippen LogP contribution in [0.3, 0.4) is 0 Å². The lowest BCUT2D eigenvalue weighted by molar-refractivity contribution is -0.109. The third-order valence-electron chi connectivity index (χ3n) is 1.86. The van der Waals surface area contributed by atoms with E-state index in [0.717, 1.165) is 31.8 Å². The van der Waals surface area contributed by atoms with Crippen LogP contribution in [0.5, 0.6) is 0 Å². The Balaban J connectivity index is 2.09. The fourth-order valence-electron chi connectivity index (χ4n) is 1.15. The second-order valence-corrected chi connectivity index (χ2v) is 4.06. The largest absolute Gasteiger partial charge is 0.381 e. The number of hydrogen-bond donors (Lipinski definition) is 0. The van der Waals surface area contributed by atoms with Crippen molar-refractivity contribution in [1.29, 1.82) is 0 Å². The van der Waals surface area contributed by atoms with E-state index < -0.39 is 0 Å². The van der Waals surface area contributed by atoms with Gasteiger partial charge in [0.15, 0.2) is 5.12 Å². The number of carbonyl (C=O) groups excluding carboxylic acids is 1. The topological polar surface area (TPSA) is 26.3 Å². The van der Waals surface area contributed by atoms with Gasteiger partial charge in [-0.15, -0.1) is 0 Å². The molecule has 0 aromatic carbocycles. The maximum absolute atomic E-state index is 10.6. The van der Waals surface area contributed by atoms with Crippen LogP contribution in [0.2, 0.25) is 0 Å². The van der Waals surface area contributed by atoms with Crippen LogP contribution in [0.15, 0.2) is 0 Å². The van der Waals surface area contributed by atoms with Crippen LogP contribution in [0.1, 0.15) is 19.8 Å². The Morgan fingerprint density at radius 2 is 2.18 bits per heavy atom. The summed E-state index contributed by atoms with van der Waals surface area (Å²) in [6.45, 7) is 3.39. The van der Waals surface area contributed by atoms with Gasteiger partial charge in [0.2, 0.25) is 0 Å². The third kappa shape index (κ3) is 3.77. The maximum Gasteiger partial charge on any atom is 0.185 e. The van der Waals surface area contributed by atoms with Gasteiger partial charge in [-0.2, -0.15) is 0 Å². The van der Waals surface area contributed by atoms with Crippen molar-refractivity contribution in [3.8, 4) is 0 Å². The number of carbonyl (C=O) groups is 1. The SMILES string of the molecule is CC(=O)SCC1CCOCC1.